The molecule has 5 rings (SSSR count). The summed E-state index contributed by atoms with van der Waals surface area (Å²) in [6.07, 6.45) is 12.8. The number of H-pyrrole nitrogens is 1. The first kappa shape index (κ1) is 28.8. The third-order valence-corrected chi connectivity index (χ3v) is 8.37. The average Bonchev–Trinajstić information content (AvgIpc) is 3.39. The van der Waals surface area contributed by atoms with Crippen molar-refractivity contribution in [2.24, 2.45) is 11.8 Å². The summed E-state index contributed by atoms with van der Waals surface area (Å²) in [5.41, 5.74) is 2.47. The highest BCUT2D eigenvalue weighted by Gasteiger charge is 2.34. The fourth-order valence-electron chi connectivity index (χ4n) is 6.27. The summed E-state index contributed by atoms with van der Waals surface area (Å²) in [4.78, 5) is 36.8. The van der Waals surface area contributed by atoms with Gasteiger partial charge in [0.15, 0.2) is 0 Å². The van der Waals surface area contributed by atoms with Crippen molar-refractivity contribution in [2.45, 2.75) is 64.2 Å². The number of benzene rings is 1. The number of anilines is 1. The summed E-state index contributed by atoms with van der Waals surface area (Å²) >= 11 is 0. The smallest absolute Gasteiger partial charge is 0.232 e. The molecule has 0 atom stereocenters. The number of hydrogen-bond donors (Lipinski definition) is 1. The molecule has 1 saturated heterocycles. The number of hydrogen-bond acceptors (Lipinski definition) is 4. The molecule has 36 heavy (non-hydrogen) atoms. The second-order valence-corrected chi connectivity index (χ2v) is 10.5. The SMILES string of the molecule is Cl.Cl.O=C(C1CCCCC1)N(CCN1CCN(c2cccc3[nH]ccc23)CC1)C(=O)C1CCCCC1. The fourth-order valence-corrected chi connectivity index (χ4v) is 6.27. The van der Waals surface area contributed by atoms with Crippen LogP contribution < -0.4 is 4.90 Å². The van der Waals surface area contributed by atoms with E-state index in [1.807, 2.05) is 6.20 Å². The second kappa shape index (κ2) is 13.7. The molecule has 0 unspecified atom stereocenters. The molecular formula is C28H42Cl2N4O2. The molecule has 3 fully saturated rings. The van der Waals surface area contributed by atoms with E-state index >= 15 is 0 Å². The molecule has 0 bridgehead atoms. The van der Waals surface area contributed by atoms with Crippen molar-refractivity contribution in [3.05, 3.63) is 30.5 Å². The third kappa shape index (κ3) is 6.56. The third-order valence-electron chi connectivity index (χ3n) is 8.37. The highest BCUT2D eigenvalue weighted by atomic mass is 35.5. The number of halogens is 2. The van der Waals surface area contributed by atoms with Crippen LogP contribution >= 0.6 is 24.8 Å². The number of rotatable bonds is 6. The Morgan fingerprint density at radius 3 is 1.97 bits per heavy atom. The topological polar surface area (TPSA) is 59.7 Å². The van der Waals surface area contributed by atoms with E-state index < -0.39 is 0 Å². The Balaban J connectivity index is 0.00000180. The lowest BCUT2D eigenvalue weighted by molar-refractivity contribution is -0.151. The number of carbonyl (C=O) groups excluding carboxylic acids is 2. The van der Waals surface area contributed by atoms with Gasteiger partial charge in [-0.25, -0.2) is 0 Å². The van der Waals surface area contributed by atoms with Crippen molar-refractivity contribution < 1.29 is 9.59 Å². The van der Waals surface area contributed by atoms with Crippen molar-refractivity contribution in [3.63, 3.8) is 0 Å². The van der Waals surface area contributed by atoms with Crippen LogP contribution in [0.15, 0.2) is 30.5 Å². The van der Waals surface area contributed by atoms with Gasteiger partial charge in [0.25, 0.3) is 0 Å². The molecule has 1 aliphatic heterocycles. The summed E-state index contributed by atoms with van der Waals surface area (Å²) in [7, 11) is 0. The maximum atomic E-state index is 13.5. The van der Waals surface area contributed by atoms with Crippen LogP contribution in [-0.2, 0) is 9.59 Å². The normalized spacial score (nSPS) is 19.9. The summed E-state index contributed by atoms with van der Waals surface area (Å²) in [5.74, 6) is 0.348. The average molecular weight is 538 g/mol. The van der Waals surface area contributed by atoms with E-state index in [4.69, 9.17) is 0 Å². The Morgan fingerprint density at radius 1 is 0.806 bits per heavy atom. The number of fused-ring (bicyclic) bond motifs is 1. The van der Waals surface area contributed by atoms with E-state index in [-0.39, 0.29) is 48.5 Å². The maximum absolute atomic E-state index is 13.5. The second-order valence-electron chi connectivity index (χ2n) is 10.5. The Morgan fingerprint density at radius 2 is 1.39 bits per heavy atom. The van der Waals surface area contributed by atoms with Gasteiger partial charge in [0.1, 0.15) is 0 Å². The first-order valence-electron chi connectivity index (χ1n) is 13.6. The van der Waals surface area contributed by atoms with E-state index in [2.05, 4.69) is 39.0 Å². The van der Waals surface area contributed by atoms with Crippen LogP contribution in [0.1, 0.15) is 64.2 Å². The molecule has 2 amide bonds. The van der Waals surface area contributed by atoms with Gasteiger partial charge in [0.05, 0.1) is 0 Å². The number of amides is 2. The molecule has 200 valence electrons. The molecule has 1 aromatic heterocycles. The molecule has 3 aliphatic rings. The van der Waals surface area contributed by atoms with Gasteiger partial charge in [-0.05, 0) is 43.9 Å². The monoisotopic (exact) mass is 536 g/mol. The van der Waals surface area contributed by atoms with Crippen molar-refractivity contribution >= 4 is 53.2 Å². The Kier molecular flexibility index (Phi) is 11.0. The minimum absolute atomic E-state index is 0. The van der Waals surface area contributed by atoms with Gasteiger partial charge in [-0.15, -0.1) is 24.8 Å². The first-order chi connectivity index (χ1) is 16.7. The molecule has 2 aliphatic carbocycles. The van der Waals surface area contributed by atoms with Gasteiger partial charge in [0, 0.05) is 73.9 Å². The molecule has 0 spiro atoms. The van der Waals surface area contributed by atoms with Gasteiger partial charge < -0.3 is 9.88 Å². The van der Waals surface area contributed by atoms with E-state index in [9.17, 15) is 9.59 Å². The standard InChI is InChI=1S/C28H40N4O2.2ClH/c33-27(22-8-3-1-4-9-22)32(28(34)23-10-5-2-6-11-23)21-18-30-16-19-31(20-17-30)26-13-7-12-25-24(26)14-15-29-25;;/h7,12-15,22-23,29H,1-6,8-11,16-21H2;2*1H. The van der Waals surface area contributed by atoms with Crippen molar-refractivity contribution in [2.75, 3.05) is 44.2 Å². The van der Waals surface area contributed by atoms with Crippen molar-refractivity contribution in [1.29, 1.82) is 0 Å². The Bertz CT molecular complexity index is 947. The minimum Gasteiger partial charge on any atom is -0.368 e. The van der Waals surface area contributed by atoms with Crippen LogP contribution in [0.25, 0.3) is 10.9 Å². The number of piperazine rings is 1. The lowest BCUT2D eigenvalue weighted by Gasteiger charge is -2.38. The fraction of sp³-hybridized carbons (Fsp3) is 0.643. The van der Waals surface area contributed by atoms with E-state index in [1.54, 1.807) is 4.90 Å². The highest BCUT2D eigenvalue weighted by molar-refractivity contribution is 5.97. The molecule has 2 heterocycles. The molecule has 6 nitrogen and oxygen atoms in total. The number of carbonyl (C=O) groups is 2. The molecule has 0 radical (unpaired) electrons. The Labute approximate surface area is 228 Å². The van der Waals surface area contributed by atoms with Gasteiger partial charge >= 0.3 is 0 Å². The van der Waals surface area contributed by atoms with Gasteiger partial charge in [0.2, 0.25) is 11.8 Å². The van der Waals surface area contributed by atoms with Crippen molar-refractivity contribution in [1.82, 2.24) is 14.8 Å². The molecule has 1 N–H and O–H groups in total. The molecule has 8 heteroatoms. The van der Waals surface area contributed by atoms with Crippen molar-refractivity contribution in [3.8, 4) is 0 Å². The first-order valence-corrected chi connectivity index (χ1v) is 13.6. The summed E-state index contributed by atoms with van der Waals surface area (Å²) in [6, 6.07) is 8.60. The number of imide groups is 1. The number of nitrogens with one attached hydrogen (secondary N) is 1. The number of nitrogens with zero attached hydrogens (tertiary/aromatic N) is 3. The quantitative estimate of drug-likeness (QED) is 0.484. The van der Waals surface area contributed by atoms with Crippen LogP contribution in [0, 0.1) is 11.8 Å². The summed E-state index contributed by atoms with van der Waals surface area (Å²) < 4.78 is 0. The predicted molar refractivity (Wildman–Crippen MR) is 151 cm³/mol. The number of aromatic nitrogens is 1. The zero-order valence-electron chi connectivity index (χ0n) is 21.3. The summed E-state index contributed by atoms with van der Waals surface area (Å²) in [6.45, 7) is 5.21. The Hall–Kier alpha value is -1.76. The van der Waals surface area contributed by atoms with Gasteiger partial charge in [-0.3, -0.25) is 19.4 Å². The molecule has 2 saturated carbocycles. The lowest BCUT2D eigenvalue weighted by atomic mass is 9.86. The van der Waals surface area contributed by atoms with Crippen LogP contribution in [0.3, 0.4) is 0 Å². The lowest BCUT2D eigenvalue weighted by Crippen LogP contribution is -2.51. The zero-order chi connectivity index (χ0) is 23.3. The van der Waals surface area contributed by atoms with Crippen LogP contribution in [0.5, 0.6) is 0 Å². The summed E-state index contributed by atoms with van der Waals surface area (Å²) in [5, 5.41) is 1.28. The van der Waals surface area contributed by atoms with E-state index in [0.29, 0.717) is 6.54 Å². The minimum atomic E-state index is 0. The largest absolute Gasteiger partial charge is 0.368 e. The van der Waals surface area contributed by atoms with Crippen LogP contribution in [0.2, 0.25) is 0 Å². The zero-order valence-corrected chi connectivity index (χ0v) is 23.0. The van der Waals surface area contributed by atoms with Crippen LogP contribution in [-0.4, -0.2) is 65.9 Å². The highest BCUT2D eigenvalue weighted by Crippen LogP contribution is 2.30. The van der Waals surface area contributed by atoms with Gasteiger partial charge in [-0.1, -0.05) is 44.6 Å². The molecule has 2 aromatic rings. The maximum Gasteiger partial charge on any atom is 0.232 e. The molecular weight excluding hydrogens is 495 g/mol. The van der Waals surface area contributed by atoms with Crippen LogP contribution in [0.4, 0.5) is 5.69 Å². The number of aromatic amines is 1. The van der Waals surface area contributed by atoms with Gasteiger partial charge in [-0.2, -0.15) is 0 Å². The predicted octanol–water partition coefficient (Wildman–Crippen LogP) is 5.65. The molecule has 1 aromatic carbocycles. The van der Waals surface area contributed by atoms with E-state index in [1.165, 1.54) is 29.4 Å². The van der Waals surface area contributed by atoms with E-state index in [0.717, 1.165) is 84.1 Å².